The zero-order valence-electron chi connectivity index (χ0n) is 11.6. The molecule has 21 heavy (non-hydrogen) atoms. The molecule has 0 heterocycles. The lowest BCUT2D eigenvalue weighted by Crippen LogP contribution is -2.26. The molecule has 0 radical (unpaired) electrons. The third-order valence-electron chi connectivity index (χ3n) is 2.84. The van der Waals surface area contributed by atoms with E-state index in [1.807, 2.05) is 30.3 Å². The Hall–Kier alpha value is -2.69. The highest BCUT2D eigenvalue weighted by molar-refractivity contribution is 5.99. The maximum Gasteiger partial charge on any atom is 0.259 e. The highest BCUT2D eigenvalue weighted by atomic mass is 19.1. The van der Waals surface area contributed by atoms with E-state index in [4.69, 9.17) is 0 Å². The Balaban J connectivity index is 1.88. The van der Waals surface area contributed by atoms with Crippen LogP contribution in [0.15, 0.2) is 59.7 Å². The number of nitrogens with one attached hydrogen (secondary N) is 2. The van der Waals surface area contributed by atoms with Crippen LogP contribution >= 0.6 is 0 Å². The normalized spacial score (nSPS) is 11.0. The molecule has 0 aromatic heterocycles. The zero-order valence-corrected chi connectivity index (χ0v) is 11.6. The second kappa shape index (κ2) is 7.19. The van der Waals surface area contributed by atoms with Gasteiger partial charge >= 0.3 is 0 Å². The van der Waals surface area contributed by atoms with Crippen molar-refractivity contribution in [1.82, 2.24) is 5.43 Å². The van der Waals surface area contributed by atoms with Gasteiger partial charge in [0.2, 0.25) is 0 Å². The van der Waals surface area contributed by atoms with E-state index < -0.39 is 0 Å². The number of halogens is 1. The van der Waals surface area contributed by atoms with Gasteiger partial charge in [-0.05, 0) is 25.1 Å². The highest BCUT2D eigenvalue weighted by Gasteiger charge is 2.05. The predicted octanol–water partition coefficient (Wildman–Crippen LogP) is 2.78. The first-order chi connectivity index (χ1) is 10.2. The summed E-state index contributed by atoms with van der Waals surface area (Å²) in [6.07, 6.45) is 0. The van der Waals surface area contributed by atoms with Gasteiger partial charge in [0.1, 0.15) is 5.82 Å². The second-order valence-corrected chi connectivity index (χ2v) is 4.43. The molecule has 0 aliphatic heterocycles. The van der Waals surface area contributed by atoms with Crippen molar-refractivity contribution in [3.63, 3.8) is 0 Å². The van der Waals surface area contributed by atoms with E-state index in [0.29, 0.717) is 11.3 Å². The molecule has 0 fully saturated rings. The first kappa shape index (κ1) is 14.7. The van der Waals surface area contributed by atoms with Crippen LogP contribution in [0.5, 0.6) is 0 Å². The third kappa shape index (κ3) is 4.42. The fourth-order valence-electron chi connectivity index (χ4n) is 1.74. The van der Waals surface area contributed by atoms with Crippen molar-refractivity contribution >= 4 is 17.3 Å². The number of hydrazone groups is 1. The van der Waals surface area contributed by atoms with E-state index in [-0.39, 0.29) is 18.3 Å². The Bertz CT molecular complexity index is 641. The lowest BCUT2D eigenvalue weighted by molar-refractivity contribution is -0.119. The van der Waals surface area contributed by atoms with Crippen molar-refractivity contribution in [2.45, 2.75) is 6.92 Å². The molecule has 4 nitrogen and oxygen atoms in total. The number of hydrogen-bond acceptors (Lipinski definition) is 3. The Morgan fingerprint density at radius 2 is 1.76 bits per heavy atom. The van der Waals surface area contributed by atoms with Gasteiger partial charge < -0.3 is 5.32 Å². The van der Waals surface area contributed by atoms with Crippen LogP contribution in [0, 0.1) is 5.82 Å². The maximum absolute atomic E-state index is 13.5. The van der Waals surface area contributed by atoms with Gasteiger partial charge in [-0.15, -0.1) is 0 Å². The summed E-state index contributed by atoms with van der Waals surface area (Å²) in [6, 6.07) is 15.7. The molecule has 0 aliphatic rings. The molecule has 1 amide bonds. The average Bonchev–Trinajstić information content (AvgIpc) is 2.52. The van der Waals surface area contributed by atoms with Gasteiger partial charge in [-0.2, -0.15) is 5.10 Å². The average molecular weight is 285 g/mol. The number of amides is 1. The number of carbonyl (C=O) groups excluding carboxylic acids is 1. The summed E-state index contributed by atoms with van der Waals surface area (Å²) in [5, 5.41) is 6.87. The lowest BCUT2D eigenvalue weighted by Gasteiger charge is -2.06. The number of hydrogen-bond donors (Lipinski definition) is 2. The molecule has 2 N–H and O–H groups in total. The van der Waals surface area contributed by atoms with E-state index in [9.17, 15) is 9.18 Å². The summed E-state index contributed by atoms with van der Waals surface area (Å²) in [5.74, 6) is -0.662. The van der Waals surface area contributed by atoms with Gasteiger partial charge in [0, 0.05) is 11.3 Å². The maximum atomic E-state index is 13.5. The van der Waals surface area contributed by atoms with Crippen molar-refractivity contribution in [3.8, 4) is 0 Å². The number of rotatable bonds is 5. The number of benzene rings is 2. The van der Waals surface area contributed by atoms with Crippen LogP contribution in [-0.4, -0.2) is 18.2 Å². The molecule has 0 spiro atoms. The van der Waals surface area contributed by atoms with Crippen LogP contribution in [0.4, 0.5) is 10.1 Å². The predicted molar refractivity (Wildman–Crippen MR) is 81.7 cm³/mol. The van der Waals surface area contributed by atoms with Crippen molar-refractivity contribution in [2.24, 2.45) is 5.10 Å². The van der Waals surface area contributed by atoms with Crippen molar-refractivity contribution in [1.29, 1.82) is 0 Å². The van der Waals surface area contributed by atoms with Gasteiger partial charge in [0.05, 0.1) is 12.3 Å². The molecule has 108 valence electrons. The van der Waals surface area contributed by atoms with Gasteiger partial charge in [-0.3, -0.25) is 4.79 Å². The highest BCUT2D eigenvalue weighted by Crippen LogP contribution is 2.07. The largest absolute Gasteiger partial charge is 0.376 e. The van der Waals surface area contributed by atoms with E-state index in [1.165, 1.54) is 6.07 Å². The SMILES string of the molecule is C/C(=N\NC(=O)CNc1ccccc1)c1ccccc1F. The quantitative estimate of drug-likeness (QED) is 0.655. The van der Waals surface area contributed by atoms with Gasteiger partial charge in [-0.1, -0.05) is 36.4 Å². The summed E-state index contributed by atoms with van der Waals surface area (Å²) >= 11 is 0. The van der Waals surface area contributed by atoms with Gasteiger partial charge in [0.25, 0.3) is 5.91 Å². The number of anilines is 1. The second-order valence-electron chi connectivity index (χ2n) is 4.43. The van der Waals surface area contributed by atoms with E-state index in [1.54, 1.807) is 25.1 Å². The van der Waals surface area contributed by atoms with E-state index in [0.717, 1.165) is 5.69 Å². The topological polar surface area (TPSA) is 53.5 Å². The van der Waals surface area contributed by atoms with Crippen LogP contribution < -0.4 is 10.7 Å². The lowest BCUT2D eigenvalue weighted by atomic mass is 10.1. The number of carbonyl (C=O) groups is 1. The molecule has 0 atom stereocenters. The molecule has 0 unspecified atom stereocenters. The fraction of sp³-hybridized carbons (Fsp3) is 0.125. The van der Waals surface area contributed by atoms with Crippen LogP contribution in [-0.2, 0) is 4.79 Å². The Labute approximate surface area is 122 Å². The molecule has 2 aromatic rings. The van der Waals surface area contributed by atoms with Gasteiger partial charge in [0.15, 0.2) is 0 Å². The minimum atomic E-state index is -0.365. The standard InChI is InChI=1S/C16H16FN3O/c1-12(14-9-5-6-10-15(14)17)19-20-16(21)11-18-13-7-3-2-4-8-13/h2-10,18H,11H2,1H3,(H,20,21)/b19-12+. The Kier molecular flexibility index (Phi) is 5.04. The van der Waals surface area contributed by atoms with Crippen LogP contribution in [0.2, 0.25) is 0 Å². The van der Waals surface area contributed by atoms with Crippen LogP contribution in [0.25, 0.3) is 0 Å². The van der Waals surface area contributed by atoms with E-state index in [2.05, 4.69) is 15.8 Å². The molecule has 0 aliphatic carbocycles. The summed E-state index contributed by atoms with van der Waals surface area (Å²) in [4.78, 5) is 11.7. The van der Waals surface area contributed by atoms with Gasteiger partial charge in [-0.25, -0.2) is 9.82 Å². The smallest absolute Gasteiger partial charge is 0.259 e. The first-order valence-electron chi connectivity index (χ1n) is 6.54. The molecule has 2 aromatic carbocycles. The minimum absolute atomic E-state index is 0.0953. The van der Waals surface area contributed by atoms with Crippen molar-refractivity contribution in [2.75, 3.05) is 11.9 Å². The molecule has 5 heteroatoms. The summed E-state index contributed by atoms with van der Waals surface area (Å²) in [7, 11) is 0. The summed E-state index contributed by atoms with van der Waals surface area (Å²) < 4.78 is 13.5. The summed E-state index contributed by atoms with van der Waals surface area (Å²) in [6.45, 7) is 1.74. The molecule has 2 rings (SSSR count). The van der Waals surface area contributed by atoms with Crippen molar-refractivity contribution in [3.05, 3.63) is 66.0 Å². The van der Waals surface area contributed by atoms with Crippen LogP contribution in [0.3, 0.4) is 0 Å². The Morgan fingerprint density at radius 3 is 2.48 bits per heavy atom. The van der Waals surface area contributed by atoms with Crippen LogP contribution in [0.1, 0.15) is 12.5 Å². The fourth-order valence-corrected chi connectivity index (χ4v) is 1.74. The minimum Gasteiger partial charge on any atom is -0.376 e. The molecular weight excluding hydrogens is 269 g/mol. The number of nitrogens with zero attached hydrogens (tertiary/aromatic N) is 1. The molecular formula is C16H16FN3O. The third-order valence-corrected chi connectivity index (χ3v) is 2.84. The molecule has 0 saturated carbocycles. The zero-order chi connectivity index (χ0) is 15.1. The number of para-hydroxylation sites is 1. The first-order valence-corrected chi connectivity index (χ1v) is 6.54. The van der Waals surface area contributed by atoms with Crippen molar-refractivity contribution < 1.29 is 9.18 Å². The molecule has 0 bridgehead atoms. The van der Waals surface area contributed by atoms with E-state index >= 15 is 0 Å². The molecule has 0 saturated heterocycles. The Morgan fingerprint density at radius 1 is 1.10 bits per heavy atom. The summed E-state index contributed by atoms with van der Waals surface area (Å²) in [5.41, 5.74) is 4.03. The monoisotopic (exact) mass is 285 g/mol.